The van der Waals surface area contributed by atoms with Gasteiger partial charge in [-0.25, -0.2) is 0 Å². The Morgan fingerprint density at radius 1 is 1.43 bits per heavy atom. The summed E-state index contributed by atoms with van der Waals surface area (Å²) in [4.78, 5) is 0. The zero-order chi connectivity index (χ0) is 5.11. The molecule has 0 nitrogen and oxygen atoms in total. The van der Waals surface area contributed by atoms with Crippen LogP contribution in [0, 0.1) is 6.58 Å². The van der Waals surface area contributed by atoms with E-state index in [1.165, 1.54) is 0 Å². The van der Waals surface area contributed by atoms with E-state index in [-0.39, 0.29) is 0 Å². The molecule has 0 heterocycles. The highest BCUT2D eigenvalue weighted by atomic mass is 13.9. The van der Waals surface area contributed by atoms with Crippen LogP contribution in [0.5, 0.6) is 0 Å². The Balaban J connectivity index is 2.66. The topological polar surface area (TPSA) is 0 Å². The van der Waals surface area contributed by atoms with Crippen LogP contribution in [-0.2, 0) is 0 Å². The van der Waals surface area contributed by atoms with Gasteiger partial charge in [0.2, 0.25) is 0 Å². The molecular formula is C7H7+. The Hall–Kier alpha value is -0.870. The molecular weight excluding hydrogens is 84.1 g/mol. The third kappa shape index (κ3) is 0.989. The normalized spacial score (nSPS) is 17.9. The molecule has 1 aliphatic carbocycles. The van der Waals surface area contributed by atoms with Crippen molar-refractivity contribution in [1.29, 1.82) is 0 Å². The molecule has 0 radical (unpaired) electrons. The lowest BCUT2D eigenvalue weighted by molar-refractivity contribution is 1.27. The smallest absolute Gasteiger partial charge is 0.0739 e. The number of hydrogen-bond donors (Lipinski definition) is 0. The van der Waals surface area contributed by atoms with Gasteiger partial charge in [-0.15, -0.1) is 0 Å². The molecule has 0 aromatic heterocycles. The van der Waals surface area contributed by atoms with Crippen LogP contribution in [0.3, 0.4) is 0 Å². The highest BCUT2D eigenvalue weighted by Crippen LogP contribution is 2.04. The Bertz CT molecular complexity index is 127. The molecule has 0 aromatic rings. The summed E-state index contributed by atoms with van der Waals surface area (Å²) >= 11 is 0. The zero-order valence-corrected chi connectivity index (χ0v) is 4.09. The predicted molar refractivity (Wildman–Crippen MR) is 30.7 cm³/mol. The molecule has 0 unspecified atom stereocenters. The molecule has 34 valence electrons. The van der Waals surface area contributed by atoms with Crippen molar-refractivity contribution in [3.8, 4) is 0 Å². The van der Waals surface area contributed by atoms with Gasteiger partial charge in [-0.2, -0.15) is 0 Å². The predicted octanol–water partition coefficient (Wildman–Crippen LogP) is 1.86. The first kappa shape index (κ1) is 4.29. The second-order valence-corrected chi connectivity index (χ2v) is 1.57. The maximum Gasteiger partial charge on any atom is 0.168 e. The number of rotatable bonds is 0. The third-order valence-corrected chi connectivity index (χ3v) is 0.911. The molecule has 7 heavy (non-hydrogen) atoms. The van der Waals surface area contributed by atoms with Crippen molar-refractivity contribution in [2.45, 2.75) is 6.42 Å². The fourth-order valence-corrected chi connectivity index (χ4v) is 0.530. The van der Waals surface area contributed by atoms with Crippen molar-refractivity contribution in [2.75, 3.05) is 0 Å². The highest BCUT2D eigenvalue weighted by Gasteiger charge is 1.96. The quantitative estimate of drug-likeness (QED) is 0.399. The first-order chi connectivity index (χ1) is 3.39. The van der Waals surface area contributed by atoms with Crippen LogP contribution in [0.25, 0.3) is 0 Å². The average Bonchev–Trinajstić information content (AvgIpc) is 1.69. The molecule has 1 aliphatic rings. The Morgan fingerprint density at radius 3 is 2.57 bits per heavy atom. The Labute approximate surface area is 43.9 Å². The summed E-state index contributed by atoms with van der Waals surface area (Å²) in [7, 11) is 0. The molecule has 0 saturated heterocycles. The molecule has 1 rings (SSSR count). The van der Waals surface area contributed by atoms with Crippen LogP contribution in [-0.4, -0.2) is 0 Å². The van der Waals surface area contributed by atoms with Crippen LogP contribution < -0.4 is 0 Å². The van der Waals surface area contributed by atoms with Gasteiger partial charge >= 0.3 is 0 Å². The minimum atomic E-state index is 0.913. The monoisotopic (exact) mass is 91.1 g/mol. The van der Waals surface area contributed by atoms with E-state index >= 15 is 0 Å². The summed E-state index contributed by atoms with van der Waals surface area (Å²) in [5.41, 5.74) is 0.947. The van der Waals surface area contributed by atoms with Crippen molar-refractivity contribution in [3.05, 3.63) is 36.5 Å². The largest absolute Gasteiger partial charge is 0.168 e. The van der Waals surface area contributed by atoms with Gasteiger partial charge in [-0.1, -0.05) is 6.08 Å². The van der Waals surface area contributed by atoms with Crippen molar-refractivity contribution >= 4 is 0 Å². The van der Waals surface area contributed by atoms with Crippen LogP contribution in [0.15, 0.2) is 29.9 Å². The van der Waals surface area contributed by atoms with E-state index in [4.69, 9.17) is 6.58 Å². The Morgan fingerprint density at radius 2 is 2.29 bits per heavy atom. The third-order valence-electron chi connectivity index (χ3n) is 0.911. The van der Waals surface area contributed by atoms with Gasteiger partial charge in [-0.05, 0) is 6.08 Å². The lowest BCUT2D eigenvalue weighted by Crippen LogP contribution is -1.74. The molecule has 0 bridgehead atoms. The lowest BCUT2D eigenvalue weighted by Gasteiger charge is -1.84. The van der Waals surface area contributed by atoms with E-state index in [2.05, 4.69) is 0 Å². The second kappa shape index (κ2) is 1.72. The van der Waals surface area contributed by atoms with Crippen molar-refractivity contribution in [2.24, 2.45) is 0 Å². The molecule has 0 N–H and O–H groups in total. The molecule has 0 spiro atoms. The Kier molecular flexibility index (Phi) is 1.06. The molecule has 0 aliphatic heterocycles. The first-order valence-electron chi connectivity index (χ1n) is 2.34. The van der Waals surface area contributed by atoms with Crippen LogP contribution in [0.2, 0.25) is 0 Å². The SMILES string of the molecule is [CH+]=C1C=CC=CC1. The minimum Gasteiger partial charge on any atom is -0.0739 e. The summed E-state index contributed by atoms with van der Waals surface area (Å²) in [6.45, 7) is 5.41. The first-order valence-corrected chi connectivity index (χ1v) is 2.34. The van der Waals surface area contributed by atoms with E-state index < -0.39 is 0 Å². The van der Waals surface area contributed by atoms with Crippen molar-refractivity contribution < 1.29 is 0 Å². The molecule has 0 heteroatoms. The average molecular weight is 91.1 g/mol. The van der Waals surface area contributed by atoms with E-state index in [0.717, 1.165) is 12.0 Å². The van der Waals surface area contributed by atoms with Gasteiger partial charge in [0.05, 0.1) is 12.7 Å². The van der Waals surface area contributed by atoms with Gasteiger partial charge in [0.15, 0.2) is 5.57 Å². The van der Waals surface area contributed by atoms with Crippen molar-refractivity contribution in [3.63, 3.8) is 0 Å². The summed E-state index contributed by atoms with van der Waals surface area (Å²) in [5, 5.41) is 0. The molecule has 0 saturated carbocycles. The molecule has 0 atom stereocenters. The zero-order valence-electron chi connectivity index (χ0n) is 4.09. The maximum atomic E-state index is 5.41. The number of hydrogen-bond acceptors (Lipinski definition) is 0. The summed E-state index contributed by atoms with van der Waals surface area (Å²) < 4.78 is 0. The van der Waals surface area contributed by atoms with Gasteiger partial charge in [0, 0.05) is 12.5 Å². The van der Waals surface area contributed by atoms with Crippen molar-refractivity contribution in [1.82, 2.24) is 0 Å². The van der Waals surface area contributed by atoms with Gasteiger partial charge in [0.1, 0.15) is 0 Å². The van der Waals surface area contributed by atoms with Gasteiger partial charge < -0.3 is 0 Å². The van der Waals surface area contributed by atoms with E-state index in [0.29, 0.717) is 0 Å². The summed E-state index contributed by atoms with van der Waals surface area (Å²) in [5.74, 6) is 0. The molecule has 0 amide bonds. The fourth-order valence-electron chi connectivity index (χ4n) is 0.530. The van der Waals surface area contributed by atoms with E-state index in [9.17, 15) is 0 Å². The van der Waals surface area contributed by atoms with Crippen LogP contribution >= 0.6 is 0 Å². The lowest BCUT2D eigenvalue weighted by atomic mass is 10.1. The van der Waals surface area contributed by atoms with Gasteiger partial charge in [-0.3, -0.25) is 0 Å². The van der Waals surface area contributed by atoms with Gasteiger partial charge in [0.25, 0.3) is 0 Å². The molecule has 0 aromatic carbocycles. The second-order valence-electron chi connectivity index (χ2n) is 1.57. The van der Waals surface area contributed by atoms with Crippen LogP contribution in [0.4, 0.5) is 0 Å². The standard InChI is InChI=1S/C7H7/c1-7-5-3-2-4-6-7/h1-5H,6H2/q+1. The van der Waals surface area contributed by atoms with E-state index in [1.54, 1.807) is 0 Å². The minimum absolute atomic E-state index is 0.913. The summed E-state index contributed by atoms with van der Waals surface area (Å²) in [6.07, 6.45) is 8.81. The molecule has 0 fully saturated rings. The highest BCUT2D eigenvalue weighted by molar-refractivity contribution is 5.25. The summed E-state index contributed by atoms with van der Waals surface area (Å²) in [6, 6.07) is 0. The fraction of sp³-hybridized carbons (Fsp3) is 0.143. The number of allylic oxidation sites excluding steroid dienone is 5. The van der Waals surface area contributed by atoms with E-state index in [1.807, 2.05) is 24.3 Å². The maximum absolute atomic E-state index is 5.41. The van der Waals surface area contributed by atoms with Crippen LogP contribution in [0.1, 0.15) is 6.42 Å².